The summed E-state index contributed by atoms with van der Waals surface area (Å²) in [6.07, 6.45) is 1.06. The minimum absolute atomic E-state index is 0.189. The van der Waals surface area contributed by atoms with Gasteiger partial charge in [0.05, 0.1) is 23.4 Å². The van der Waals surface area contributed by atoms with Crippen LogP contribution in [0.3, 0.4) is 0 Å². The third-order valence-electron chi connectivity index (χ3n) is 5.29. The number of carbonyl (C=O) groups is 2. The minimum Gasteiger partial charge on any atom is -0.478 e. The number of nitrogens with one attached hydrogen (secondary N) is 2. The summed E-state index contributed by atoms with van der Waals surface area (Å²) in [5.41, 5.74) is 2.55. The first-order chi connectivity index (χ1) is 13.8. The van der Waals surface area contributed by atoms with Gasteiger partial charge in [-0.05, 0) is 37.5 Å². The van der Waals surface area contributed by atoms with Crippen LogP contribution in [-0.2, 0) is 11.2 Å². The topological polar surface area (TPSA) is 108 Å². The maximum atomic E-state index is 12.6. The van der Waals surface area contributed by atoms with Gasteiger partial charge in [-0.1, -0.05) is 24.6 Å². The van der Waals surface area contributed by atoms with Crippen molar-refractivity contribution in [1.82, 2.24) is 15.3 Å². The van der Waals surface area contributed by atoms with Gasteiger partial charge in [0.1, 0.15) is 0 Å². The third-order valence-corrected chi connectivity index (χ3v) is 5.60. The van der Waals surface area contributed by atoms with Crippen LogP contribution in [0.4, 0.5) is 5.69 Å². The summed E-state index contributed by atoms with van der Waals surface area (Å²) in [5, 5.41) is 12.7. The molecule has 1 saturated heterocycles. The zero-order valence-electron chi connectivity index (χ0n) is 16.7. The molecule has 29 heavy (non-hydrogen) atoms. The molecule has 0 aliphatic carbocycles. The highest BCUT2D eigenvalue weighted by molar-refractivity contribution is 6.30. The molecule has 156 valence electrons. The molecular weight excluding hydrogens is 396 g/mol. The van der Waals surface area contributed by atoms with E-state index in [0.717, 1.165) is 16.9 Å². The van der Waals surface area contributed by atoms with E-state index in [-0.39, 0.29) is 29.4 Å². The highest BCUT2D eigenvalue weighted by atomic mass is 35.5. The zero-order valence-corrected chi connectivity index (χ0v) is 17.4. The Labute approximate surface area is 174 Å². The van der Waals surface area contributed by atoms with Gasteiger partial charge in [-0.25, -0.2) is 9.78 Å². The summed E-state index contributed by atoms with van der Waals surface area (Å²) in [6, 6.07) is 5.20. The average Bonchev–Trinajstić information content (AvgIpc) is 3.09. The maximum absolute atomic E-state index is 12.6. The molecule has 0 spiro atoms. The highest BCUT2D eigenvalue weighted by Crippen LogP contribution is 2.24. The Kier molecular flexibility index (Phi) is 6.44. The average molecular weight is 421 g/mol. The summed E-state index contributed by atoms with van der Waals surface area (Å²) < 4.78 is 5.61. The fraction of sp³-hybridized carbons (Fsp3) is 0.450. The fourth-order valence-electron chi connectivity index (χ4n) is 3.56. The van der Waals surface area contributed by atoms with Crippen molar-refractivity contribution < 1.29 is 19.4 Å². The molecule has 2 aromatic rings. The lowest BCUT2D eigenvalue weighted by atomic mass is 9.99. The number of carbonyl (C=O) groups excluding carboxylic acids is 1. The molecule has 2 atom stereocenters. The first kappa shape index (κ1) is 21.1. The van der Waals surface area contributed by atoms with Crippen LogP contribution >= 0.6 is 11.6 Å². The lowest BCUT2D eigenvalue weighted by Crippen LogP contribution is -2.55. The van der Waals surface area contributed by atoms with E-state index >= 15 is 0 Å². The number of H-pyrrole nitrogens is 1. The SMILES string of the molecule is CCc1[nH]c(C(=O)N[C@H]2CCN(c3ccc(C)c(C(=O)O)c3)C[C@H]2OC)nc1Cl. The molecule has 0 saturated carbocycles. The molecule has 1 aromatic heterocycles. The summed E-state index contributed by atoms with van der Waals surface area (Å²) in [6.45, 7) is 4.89. The number of benzene rings is 1. The number of methoxy groups -OCH3 is 1. The number of carboxylic acid groups (broad SMARTS) is 1. The van der Waals surface area contributed by atoms with Crippen molar-refractivity contribution in [2.75, 3.05) is 25.1 Å². The van der Waals surface area contributed by atoms with Gasteiger partial charge in [0.2, 0.25) is 0 Å². The van der Waals surface area contributed by atoms with Crippen LogP contribution in [0.2, 0.25) is 5.15 Å². The normalized spacial score (nSPS) is 19.2. The number of aryl methyl sites for hydroxylation is 2. The summed E-state index contributed by atoms with van der Waals surface area (Å²) in [7, 11) is 1.60. The van der Waals surface area contributed by atoms with Crippen LogP contribution in [0.15, 0.2) is 18.2 Å². The first-order valence-corrected chi connectivity index (χ1v) is 9.88. The smallest absolute Gasteiger partial charge is 0.336 e. The van der Waals surface area contributed by atoms with Crippen LogP contribution < -0.4 is 10.2 Å². The second kappa shape index (κ2) is 8.84. The van der Waals surface area contributed by atoms with Crippen LogP contribution in [0.25, 0.3) is 0 Å². The summed E-state index contributed by atoms with van der Waals surface area (Å²) >= 11 is 6.03. The van der Waals surface area contributed by atoms with Gasteiger partial charge in [0.25, 0.3) is 5.91 Å². The Morgan fingerprint density at radius 1 is 1.45 bits per heavy atom. The molecule has 8 nitrogen and oxygen atoms in total. The van der Waals surface area contributed by atoms with Crippen molar-refractivity contribution in [3.8, 4) is 0 Å². The van der Waals surface area contributed by atoms with E-state index in [1.54, 1.807) is 26.2 Å². The third kappa shape index (κ3) is 4.54. The van der Waals surface area contributed by atoms with Gasteiger partial charge in [0.15, 0.2) is 11.0 Å². The summed E-state index contributed by atoms with van der Waals surface area (Å²) in [4.78, 5) is 33.1. The van der Waals surface area contributed by atoms with E-state index in [1.165, 1.54) is 0 Å². The monoisotopic (exact) mass is 420 g/mol. The number of rotatable bonds is 6. The molecule has 3 rings (SSSR count). The quantitative estimate of drug-likeness (QED) is 0.663. The van der Waals surface area contributed by atoms with E-state index in [4.69, 9.17) is 16.3 Å². The highest BCUT2D eigenvalue weighted by Gasteiger charge is 2.32. The first-order valence-electron chi connectivity index (χ1n) is 9.51. The Hall–Kier alpha value is -2.58. The molecule has 1 aliphatic rings. The van der Waals surface area contributed by atoms with Crippen molar-refractivity contribution in [3.63, 3.8) is 0 Å². The number of halogens is 1. The number of hydrogen-bond donors (Lipinski definition) is 3. The van der Waals surface area contributed by atoms with Crippen LogP contribution in [0.5, 0.6) is 0 Å². The molecule has 0 bridgehead atoms. The van der Waals surface area contributed by atoms with Gasteiger partial charge < -0.3 is 25.0 Å². The van der Waals surface area contributed by atoms with Crippen molar-refractivity contribution in [2.24, 2.45) is 0 Å². The predicted molar refractivity (Wildman–Crippen MR) is 110 cm³/mol. The molecule has 3 N–H and O–H groups in total. The molecule has 0 radical (unpaired) electrons. The number of hydrogen-bond acceptors (Lipinski definition) is 5. The van der Waals surface area contributed by atoms with Crippen LogP contribution in [-0.4, -0.2) is 59.3 Å². The largest absolute Gasteiger partial charge is 0.478 e. The van der Waals surface area contributed by atoms with Crippen LogP contribution in [0, 0.1) is 6.92 Å². The maximum Gasteiger partial charge on any atom is 0.336 e. The zero-order chi connectivity index (χ0) is 21.1. The standard InChI is InChI=1S/C20H25ClN4O4/c1-4-14-17(21)24-18(22-14)19(26)23-15-7-8-25(10-16(15)29-3)12-6-5-11(2)13(9-12)20(27)28/h5-6,9,15-16H,4,7-8,10H2,1-3H3,(H,22,24)(H,23,26)(H,27,28)/t15-,16+/m0/s1. The van der Waals surface area contributed by atoms with E-state index in [9.17, 15) is 14.7 Å². The Balaban J connectivity index is 1.70. The molecule has 1 aromatic carbocycles. The van der Waals surface area contributed by atoms with Gasteiger partial charge in [-0.3, -0.25) is 4.79 Å². The predicted octanol–water partition coefficient (Wildman–Crippen LogP) is 2.66. The second-order valence-corrected chi connectivity index (χ2v) is 7.46. The molecule has 1 amide bonds. The molecular formula is C20H25ClN4O4. The van der Waals surface area contributed by atoms with Crippen molar-refractivity contribution in [2.45, 2.75) is 38.8 Å². The number of piperidine rings is 1. The number of imidazole rings is 1. The Morgan fingerprint density at radius 2 is 2.21 bits per heavy atom. The number of aromatic amines is 1. The second-order valence-electron chi connectivity index (χ2n) is 7.10. The number of ether oxygens (including phenoxy) is 1. The molecule has 0 unspecified atom stereocenters. The lowest BCUT2D eigenvalue weighted by Gasteiger charge is -2.39. The molecule has 1 fully saturated rings. The lowest BCUT2D eigenvalue weighted by molar-refractivity contribution is 0.0538. The van der Waals surface area contributed by atoms with Gasteiger partial charge in [0, 0.05) is 25.9 Å². The van der Waals surface area contributed by atoms with Crippen molar-refractivity contribution in [1.29, 1.82) is 0 Å². The molecule has 1 aliphatic heterocycles. The fourth-order valence-corrected chi connectivity index (χ4v) is 3.82. The molecule has 2 heterocycles. The van der Waals surface area contributed by atoms with E-state index in [2.05, 4.69) is 20.2 Å². The van der Waals surface area contributed by atoms with E-state index < -0.39 is 5.97 Å². The van der Waals surface area contributed by atoms with Gasteiger partial charge >= 0.3 is 5.97 Å². The Morgan fingerprint density at radius 3 is 2.83 bits per heavy atom. The number of carboxylic acids is 1. The number of aromatic carboxylic acids is 1. The van der Waals surface area contributed by atoms with Crippen molar-refractivity contribution >= 4 is 29.2 Å². The van der Waals surface area contributed by atoms with Crippen molar-refractivity contribution in [3.05, 3.63) is 46.0 Å². The molecule has 9 heteroatoms. The van der Waals surface area contributed by atoms with Gasteiger partial charge in [-0.2, -0.15) is 0 Å². The number of nitrogens with zero attached hydrogens (tertiary/aromatic N) is 2. The Bertz CT molecular complexity index is 914. The number of aromatic nitrogens is 2. The summed E-state index contributed by atoms with van der Waals surface area (Å²) in [5.74, 6) is -1.08. The number of amides is 1. The van der Waals surface area contributed by atoms with E-state index in [0.29, 0.717) is 31.1 Å². The van der Waals surface area contributed by atoms with Gasteiger partial charge in [-0.15, -0.1) is 0 Å². The minimum atomic E-state index is -0.946. The van der Waals surface area contributed by atoms with E-state index in [1.807, 2.05) is 13.0 Å². The number of anilines is 1. The van der Waals surface area contributed by atoms with Crippen LogP contribution in [0.1, 0.15) is 45.6 Å².